The third kappa shape index (κ3) is 1.31. The molecule has 0 fully saturated rings. The highest BCUT2D eigenvalue weighted by Gasteiger charge is 2.21. The van der Waals surface area contributed by atoms with Crippen LogP contribution in [0, 0.1) is 5.41 Å². The van der Waals surface area contributed by atoms with Crippen molar-refractivity contribution in [2.75, 3.05) is 7.11 Å². The number of hydrogen-bond acceptors (Lipinski definition) is 3. The zero-order chi connectivity index (χ0) is 8.43. The molecular weight excluding hydrogens is 142 g/mol. The van der Waals surface area contributed by atoms with E-state index in [0.29, 0.717) is 24.1 Å². The summed E-state index contributed by atoms with van der Waals surface area (Å²) in [5, 5.41) is 7.39. The molecule has 0 aliphatic heterocycles. The smallest absolute Gasteiger partial charge is 0.334 e. The van der Waals surface area contributed by atoms with Crippen LogP contribution in [0.3, 0.4) is 0 Å². The van der Waals surface area contributed by atoms with Gasteiger partial charge in [0.1, 0.15) is 0 Å². The zero-order valence-corrected chi connectivity index (χ0v) is 6.73. The molecule has 0 saturated carbocycles. The van der Waals surface area contributed by atoms with Gasteiger partial charge in [0.15, 0.2) is 0 Å². The van der Waals surface area contributed by atoms with Crippen molar-refractivity contribution < 1.29 is 9.53 Å². The molecule has 0 spiro atoms. The molecule has 0 unspecified atom stereocenters. The lowest BCUT2D eigenvalue weighted by molar-refractivity contribution is -0.136. The Balaban J connectivity index is 2.88. The molecule has 0 atom stereocenters. The summed E-state index contributed by atoms with van der Waals surface area (Å²) < 4.78 is 4.56. The van der Waals surface area contributed by atoms with Crippen LogP contribution in [-0.2, 0) is 9.53 Å². The minimum absolute atomic E-state index is 0.287. The van der Waals surface area contributed by atoms with Gasteiger partial charge in [0.2, 0.25) is 0 Å². The molecule has 0 saturated heterocycles. The molecule has 3 nitrogen and oxygen atoms in total. The number of nitrogens with one attached hydrogen (secondary N) is 1. The van der Waals surface area contributed by atoms with E-state index >= 15 is 0 Å². The summed E-state index contributed by atoms with van der Waals surface area (Å²) in [5.41, 5.74) is 2.01. The van der Waals surface area contributed by atoms with Gasteiger partial charge in [0.25, 0.3) is 0 Å². The van der Waals surface area contributed by atoms with Crippen molar-refractivity contribution in [3.05, 3.63) is 11.1 Å². The first-order chi connectivity index (χ1) is 5.16. The van der Waals surface area contributed by atoms with Crippen LogP contribution >= 0.6 is 0 Å². The van der Waals surface area contributed by atoms with E-state index in [0.717, 1.165) is 5.57 Å². The lowest BCUT2D eigenvalue weighted by Gasteiger charge is -1.98. The van der Waals surface area contributed by atoms with Gasteiger partial charge in [0.05, 0.1) is 7.11 Å². The summed E-state index contributed by atoms with van der Waals surface area (Å²) in [7, 11) is 1.37. The lowest BCUT2D eigenvalue weighted by Crippen LogP contribution is -2.04. The summed E-state index contributed by atoms with van der Waals surface area (Å²) in [5.74, 6) is -0.287. The molecule has 60 valence electrons. The van der Waals surface area contributed by atoms with Gasteiger partial charge in [-0.2, -0.15) is 0 Å². The number of ether oxygens (including phenoxy) is 1. The highest BCUT2D eigenvalue weighted by molar-refractivity contribution is 6.08. The molecule has 0 amide bonds. The van der Waals surface area contributed by atoms with Crippen molar-refractivity contribution in [3.63, 3.8) is 0 Å². The normalized spacial score (nSPS) is 17.5. The number of hydrogen-bond donors (Lipinski definition) is 1. The SMILES string of the molecule is COC(=O)C1=C(C)C(=N)CC1. The predicted octanol–water partition coefficient (Wildman–Crippen LogP) is 1.29. The van der Waals surface area contributed by atoms with Gasteiger partial charge >= 0.3 is 5.97 Å². The Morgan fingerprint density at radius 3 is 2.55 bits per heavy atom. The second kappa shape index (κ2) is 2.86. The fourth-order valence-corrected chi connectivity index (χ4v) is 1.19. The van der Waals surface area contributed by atoms with Crippen molar-refractivity contribution in [2.45, 2.75) is 19.8 Å². The molecular formula is C8H11NO2. The summed E-state index contributed by atoms with van der Waals surface area (Å²) >= 11 is 0. The van der Waals surface area contributed by atoms with E-state index in [1.54, 1.807) is 6.92 Å². The second-order valence-electron chi connectivity index (χ2n) is 2.57. The topological polar surface area (TPSA) is 50.2 Å². The highest BCUT2D eigenvalue weighted by Crippen LogP contribution is 2.23. The monoisotopic (exact) mass is 153 g/mol. The van der Waals surface area contributed by atoms with Gasteiger partial charge in [-0.3, -0.25) is 0 Å². The standard InChI is InChI=1S/C8H11NO2/c1-5-6(8(10)11-2)3-4-7(5)9/h9H,3-4H2,1-2H3. The van der Waals surface area contributed by atoms with E-state index in [-0.39, 0.29) is 5.97 Å². The van der Waals surface area contributed by atoms with Crippen LogP contribution in [0.1, 0.15) is 19.8 Å². The maximum Gasteiger partial charge on any atom is 0.334 e. The average molecular weight is 153 g/mol. The molecule has 0 bridgehead atoms. The van der Waals surface area contributed by atoms with Crippen LogP contribution in [0.25, 0.3) is 0 Å². The van der Waals surface area contributed by atoms with Crippen LogP contribution in [0.15, 0.2) is 11.1 Å². The lowest BCUT2D eigenvalue weighted by atomic mass is 10.2. The van der Waals surface area contributed by atoms with Crippen molar-refractivity contribution in [1.29, 1.82) is 5.41 Å². The summed E-state index contributed by atoms with van der Waals surface area (Å²) in [6, 6.07) is 0. The number of carbonyl (C=O) groups excluding carboxylic acids is 1. The number of allylic oxidation sites excluding steroid dienone is 1. The Morgan fingerprint density at radius 1 is 1.55 bits per heavy atom. The van der Waals surface area contributed by atoms with E-state index in [4.69, 9.17) is 5.41 Å². The maximum atomic E-state index is 11.0. The van der Waals surface area contributed by atoms with Crippen molar-refractivity contribution >= 4 is 11.7 Å². The van der Waals surface area contributed by atoms with Gasteiger partial charge in [0, 0.05) is 11.3 Å². The van der Waals surface area contributed by atoms with E-state index in [1.807, 2.05) is 0 Å². The first-order valence-corrected chi connectivity index (χ1v) is 3.52. The van der Waals surface area contributed by atoms with Crippen LogP contribution in [0.4, 0.5) is 0 Å². The molecule has 1 aliphatic carbocycles. The molecule has 0 aromatic heterocycles. The van der Waals surface area contributed by atoms with Crippen LogP contribution in [0.5, 0.6) is 0 Å². The maximum absolute atomic E-state index is 11.0. The Kier molecular flexibility index (Phi) is 2.08. The quantitative estimate of drug-likeness (QED) is 0.577. The van der Waals surface area contributed by atoms with Crippen LogP contribution in [0.2, 0.25) is 0 Å². The van der Waals surface area contributed by atoms with E-state index in [1.165, 1.54) is 7.11 Å². The Morgan fingerprint density at radius 2 is 2.18 bits per heavy atom. The predicted molar refractivity (Wildman–Crippen MR) is 41.7 cm³/mol. The first kappa shape index (κ1) is 7.98. The third-order valence-corrected chi connectivity index (χ3v) is 1.96. The molecule has 0 aromatic rings. The van der Waals surface area contributed by atoms with Crippen LogP contribution < -0.4 is 0 Å². The largest absolute Gasteiger partial charge is 0.466 e. The number of esters is 1. The molecule has 0 radical (unpaired) electrons. The molecule has 0 heterocycles. The van der Waals surface area contributed by atoms with E-state index in [9.17, 15) is 4.79 Å². The van der Waals surface area contributed by atoms with E-state index in [2.05, 4.69) is 4.74 Å². The second-order valence-corrected chi connectivity index (χ2v) is 2.57. The van der Waals surface area contributed by atoms with Crippen molar-refractivity contribution in [2.24, 2.45) is 0 Å². The van der Waals surface area contributed by atoms with Gasteiger partial charge in [-0.05, 0) is 25.3 Å². The number of rotatable bonds is 1. The molecule has 1 aliphatic rings. The van der Waals surface area contributed by atoms with Crippen molar-refractivity contribution in [3.8, 4) is 0 Å². The molecule has 1 N–H and O–H groups in total. The minimum atomic E-state index is -0.287. The summed E-state index contributed by atoms with van der Waals surface area (Å²) in [6.07, 6.45) is 1.34. The molecule has 1 rings (SSSR count). The molecule has 0 aromatic carbocycles. The van der Waals surface area contributed by atoms with Gasteiger partial charge in [-0.15, -0.1) is 0 Å². The van der Waals surface area contributed by atoms with Crippen LogP contribution in [-0.4, -0.2) is 18.8 Å². The Hall–Kier alpha value is -1.12. The number of carbonyl (C=O) groups is 1. The third-order valence-electron chi connectivity index (χ3n) is 1.96. The Labute approximate surface area is 65.6 Å². The first-order valence-electron chi connectivity index (χ1n) is 3.52. The molecule has 11 heavy (non-hydrogen) atoms. The fraction of sp³-hybridized carbons (Fsp3) is 0.500. The van der Waals surface area contributed by atoms with Gasteiger partial charge < -0.3 is 10.1 Å². The molecule has 3 heteroatoms. The zero-order valence-electron chi connectivity index (χ0n) is 6.73. The fourth-order valence-electron chi connectivity index (χ4n) is 1.19. The Bertz CT molecular complexity index is 240. The van der Waals surface area contributed by atoms with Gasteiger partial charge in [-0.25, -0.2) is 4.79 Å². The summed E-state index contributed by atoms with van der Waals surface area (Å²) in [4.78, 5) is 11.0. The average Bonchev–Trinajstić information content (AvgIpc) is 2.32. The highest BCUT2D eigenvalue weighted by atomic mass is 16.5. The number of methoxy groups -OCH3 is 1. The van der Waals surface area contributed by atoms with E-state index < -0.39 is 0 Å². The summed E-state index contributed by atoms with van der Waals surface area (Å²) in [6.45, 7) is 1.79. The van der Waals surface area contributed by atoms with Gasteiger partial charge in [-0.1, -0.05) is 0 Å². The van der Waals surface area contributed by atoms with Crippen molar-refractivity contribution in [1.82, 2.24) is 0 Å². The minimum Gasteiger partial charge on any atom is -0.466 e.